The standard InChI is InChI=1S/C14H23ClN2O/c1-3-7-16-11-12-10-13(15)5-6-14(12)17(4-2)8-9-18/h5-6,10,16,18H,3-4,7-9,11H2,1-2H3. The van der Waals surface area contributed by atoms with Crippen molar-refractivity contribution in [2.24, 2.45) is 0 Å². The van der Waals surface area contributed by atoms with Gasteiger partial charge in [0.15, 0.2) is 0 Å². The SMILES string of the molecule is CCCNCc1cc(Cl)ccc1N(CC)CCO. The van der Waals surface area contributed by atoms with Gasteiger partial charge in [-0.25, -0.2) is 0 Å². The lowest BCUT2D eigenvalue weighted by molar-refractivity contribution is 0.302. The number of halogens is 1. The van der Waals surface area contributed by atoms with E-state index in [1.165, 1.54) is 5.56 Å². The van der Waals surface area contributed by atoms with E-state index in [2.05, 4.69) is 24.1 Å². The summed E-state index contributed by atoms with van der Waals surface area (Å²) in [5, 5.41) is 13.3. The predicted octanol–water partition coefficient (Wildman–Crippen LogP) is 2.66. The first-order chi connectivity index (χ1) is 8.72. The van der Waals surface area contributed by atoms with Gasteiger partial charge in [-0.2, -0.15) is 0 Å². The van der Waals surface area contributed by atoms with Crippen LogP contribution in [0.1, 0.15) is 25.8 Å². The van der Waals surface area contributed by atoms with Crippen LogP contribution >= 0.6 is 11.6 Å². The van der Waals surface area contributed by atoms with E-state index in [1.54, 1.807) is 0 Å². The molecule has 102 valence electrons. The molecule has 2 N–H and O–H groups in total. The summed E-state index contributed by atoms with van der Waals surface area (Å²) < 4.78 is 0. The molecule has 0 heterocycles. The molecule has 0 aliphatic heterocycles. The topological polar surface area (TPSA) is 35.5 Å². The summed E-state index contributed by atoms with van der Waals surface area (Å²) in [6.07, 6.45) is 1.12. The van der Waals surface area contributed by atoms with Crippen LogP contribution in [0.25, 0.3) is 0 Å². The number of nitrogens with zero attached hydrogens (tertiary/aromatic N) is 1. The van der Waals surface area contributed by atoms with Crippen molar-refractivity contribution in [3.63, 3.8) is 0 Å². The van der Waals surface area contributed by atoms with Crippen molar-refractivity contribution in [3.8, 4) is 0 Å². The Labute approximate surface area is 115 Å². The zero-order valence-electron chi connectivity index (χ0n) is 11.2. The first-order valence-corrected chi connectivity index (χ1v) is 6.95. The van der Waals surface area contributed by atoms with Crippen LogP contribution in [0.15, 0.2) is 18.2 Å². The molecule has 0 aliphatic rings. The zero-order chi connectivity index (χ0) is 13.4. The van der Waals surface area contributed by atoms with Crippen molar-refractivity contribution >= 4 is 17.3 Å². The van der Waals surface area contributed by atoms with Gasteiger partial charge in [-0.15, -0.1) is 0 Å². The maximum absolute atomic E-state index is 9.11. The molecule has 0 unspecified atom stereocenters. The second kappa shape index (κ2) is 8.35. The van der Waals surface area contributed by atoms with Crippen LogP contribution in [0.3, 0.4) is 0 Å². The molecule has 1 aromatic carbocycles. The van der Waals surface area contributed by atoms with Gasteiger partial charge in [0.2, 0.25) is 0 Å². The van der Waals surface area contributed by atoms with E-state index in [-0.39, 0.29) is 6.61 Å². The minimum Gasteiger partial charge on any atom is -0.395 e. The number of benzene rings is 1. The number of rotatable bonds is 8. The number of aliphatic hydroxyl groups is 1. The van der Waals surface area contributed by atoms with Crippen LogP contribution < -0.4 is 10.2 Å². The minimum absolute atomic E-state index is 0.165. The molecule has 0 spiro atoms. The number of anilines is 1. The third-order valence-corrected chi connectivity index (χ3v) is 3.11. The molecule has 1 rings (SSSR count). The van der Waals surface area contributed by atoms with Gasteiger partial charge in [-0.1, -0.05) is 18.5 Å². The molecule has 0 bridgehead atoms. The Kier molecular flexibility index (Phi) is 7.09. The maximum Gasteiger partial charge on any atom is 0.0606 e. The van der Waals surface area contributed by atoms with Crippen LogP contribution in [0.4, 0.5) is 5.69 Å². The molecule has 1 aromatic rings. The molecule has 3 nitrogen and oxygen atoms in total. The van der Waals surface area contributed by atoms with Crippen LogP contribution in [-0.2, 0) is 6.54 Å². The van der Waals surface area contributed by atoms with Crippen molar-refractivity contribution in [1.29, 1.82) is 0 Å². The summed E-state index contributed by atoms with van der Waals surface area (Å²) in [6.45, 7) is 7.74. The number of likely N-dealkylation sites (N-methyl/N-ethyl adjacent to an activating group) is 1. The molecule has 0 radical (unpaired) electrons. The highest BCUT2D eigenvalue weighted by atomic mass is 35.5. The Balaban J connectivity index is 2.86. The third-order valence-electron chi connectivity index (χ3n) is 2.88. The largest absolute Gasteiger partial charge is 0.395 e. The lowest BCUT2D eigenvalue weighted by atomic mass is 10.1. The van der Waals surface area contributed by atoms with Crippen molar-refractivity contribution in [2.45, 2.75) is 26.8 Å². The predicted molar refractivity (Wildman–Crippen MR) is 78.4 cm³/mol. The van der Waals surface area contributed by atoms with Crippen LogP contribution in [0.5, 0.6) is 0 Å². The van der Waals surface area contributed by atoms with E-state index >= 15 is 0 Å². The summed E-state index contributed by atoms with van der Waals surface area (Å²) >= 11 is 6.06. The summed E-state index contributed by atoms with van der Waals surface area (Å²) in [6, 6.07) is 5.93. The van der Waals surface area contributed by atoms with E-state index in [4.69, 9.17) is 16.7 Å². The van der Waals surface area contributed by atoms with E-state index in [0.29, 0.717) is 6.54 Å². The number of aliphatic hydroxyl groups excluding tert-OH is 1. The zero-order valence-corrected chi connectivity index (χ0v) is 12.0. The van der Waals surface area contributed by atoms with Crippen LogP contribution in [0, 0.1) is 0 Å². The van der Waals surface area contributed by atoms with Crippen molar-refractivity contribution < 1.29 is 5.11 Å². The van der Waals surface area contributed by atoms with E-state index in [0.717, 1.165) is 36.8 Å². The fourth-order valence-corrected chi connectivity index (χ4v) is 2.17. The first-order valence-electron chi connectivity index (χ1n) is 6.57. The van der Waals surface area contributed by atoms with E-state index in [9.17, 15) is 0 Å². The van der Waals surface area contributed by atoms with Gasteiger partial charge >= 0.3 is 0 Å². The molecule has 0 atom stereocenters. The summed E-state index contributed by atoms with van der Waals surface area (Å²) in [4.78, 5) is 2.17. The summed E-state index contributed by atoms with van der Waals surface area (Å²) in [5.41, 5.74) is 2.34. The van der Waals surface area contributed by atoms with Gasteiger partial charge in [0.1, 0.15) is 0 Å². The number of hydrogen-bond donors (Lipinski definition) is 2. The average Bonchev–Trinajstić information content (AvgIpc) is 2.37. The molecular weight excluding hydrogens is 248 g/mol. The van der Waals surface area contributed by atoms with Crippen LogP contribution in [0.2, 0.25) is 5.02 Å². The highest BCUT2D eigenvalue weighted by Gasteiger charge is 2.09. The molecule has 18 heavy (non-hydrogen) atoms. The molecule has 0 saturated carbocycles. The molecular formula is C14H23ClN2O. The van der Waals surface area contributed by atoms with Gasteiger partial charge in [0.25, 0.3) is 0 Å². The van der Waals surface area contributed by atoms with Gasteiger partial charge < -0.3 is 15.3 Å². The number of hydrogen-bond acceptors (Lipinski definition) is 3. The molecule has 0 aliphatic carbocycles. The Morgan fingerprint density at radius 1 is 1.33 bits per heavy atom. The highest BCUT2D eigenvalue weighted by molar-refractivity contribution is 6.30. The van der Waals surface area contributed by atoms with Crippen molar-refractivity contribution in [2.75, 3.05) is 31.1 Å². The van der Waals surface area contributed by atoms with E-state index < -0.39 is 0 Å². The minimum atomic E-state index is 0.165. The number of nitrogens with one attached hydrogen (secondary N) is 1. The molecule has 0 aromatic heterocycles. The molecule has 0 saturated heterocycles. The molecule has 0 amide bonds. The summed E-state index contributed by atoms with van der Waals surface area (Å²) in [7, 11) is 0. The second-order valence-corrected chi connectivity index (χ2v) is 4.69. The van der Waals surface area contributed by atoms with Gasteiger partial charge in [-0.05, 0) is 43.7 Å². The lowest BCUT2D eigenvalue weighted by Gasteiger charge is -2.25. The highest BCUT2D eigenvalue weighted by Crippen LogP contribution is 2.24. The third kappa shape index (κ3) is 4.48. The monoisotopic (exact) mass is 270 g/mol. The van der Waals surface area contributed by atoms with Gasteiger partial charge in [-0.3, -0.25) is 0 Å². The fraction of sp³-hybridized carbons (Fsp3) is 0.571. The maximum atomic E-state index is 9.11. The Morgan fingerprint density at radius 2 is 2.11 bits per heavy atom. The molecule has 0 fully saturated rings. The Hall–Kier alpha value is -0.770. The van der Waals surface area contributed by atoms with Gasteiger partial charge in [0, 0.05) is 30.3 Å². The normalized spacial score (nSPS) is 10.7. The van der Waals surface area contributed by atoms with Crippen molar-refractivity contribution in [1.82, 2.24) is 5.32 Å². The smallest absolute Gasteiger partial charge is 0.0606 e. The fourth-order valence-electron chi connectivity index (χ4n) is 1.97. The lowest BCUT2D eigenvalue weighted by Crippen LogP contribution is -2.28. The summed E-state index contributed by atoms with van der Waals surface area (Å²) in [5.74, 6) is 0. The molecule has 4 heteroatoms. The van der Waals surface area contributed by atoms with Gasteiger partial charge in [0.05, 0.1) is 6.61 Å². The average molecular weight is 271 g/mol. The quantitative estimate of drug-likeness (QED) is 0.713. The Bertz CT molecular complexity index is 358. The van der Waals surface area contributed by atoms with Crippen LogP contribution in [-0.4, -0.2) is 31.3 Å². The van der Waals surface area contributed by atoms with Crippen molar-refractivity contribution in [3.05, 3.63) is 28.8 Å². The second-order valence-electron chi connectivity index (χ2n) is 4.25. The first kappa shape index (κ1) is 15.3. The van der Waals surface area contributed by atoms with E-state index in [1.807, 2.05) is 18.2 Å². The Morgan fingerprint density at radius 3 is 2.72 bits per heavy atom.